The number of carbonyl (C=O) groups is 1. The van der Waals surface area contributed by atoms with E-state index in [4.69, 9.17) is 0 Å². The summed E-state index contributed by atoms with van der Waals surface area (Å²) in [6, 6.07) is 0. The zero-order valence-corrected chi connectivity index (χ0v) is 7.22. The second kappa shape index (κ2) is 6.16. The molecule has 0 saturated heterocycles. The minimum absolute atomic E-state index is 0.0764. The quantitative estimate of drug-likeness (QED) is 0.620. The molecule has 1 amide bonds. The Labute approximate surface area is 67.8 Å². The lowest BCUT2D eigenvalue weighted by atomic mass is 9.99. The first kappa shape index (κ1) is 10.4. The van der Waals surface area contributed by atoms with Crippen LogP contribution in [0.2, 0.25) is 0 Å². The van der Waals surface area contributed by atoms with Crippen molar-refractivity contribution in [2.45, 2.75) is 39.5 Å². The summed E-state index contributed by atoms with van der Waals surface area (Å²) < 4.78 is 0. The average molecular weight is 158 g/mol. The summed E-state index contributed by atoms with van der Waals surface area (Å²) in [4.78, 5) is 10.8. The minimum atomic E-state index is -0.360. The Morgan fingerprint density at radius 2 is 2.18 bits per heavy atom. The van der Waals surface area contributed by atoms with E-state index in [1.54, 1.807) is 0 Å². The Bertz CT molecular complexity index is 115. The monoisotopic (exact) mass is 158 g/mol. The highest BCUT2D eigenvalue weighted by molar-refractivity contribution is 5.78. The van der Waals surface area contributed by atoms with Crippen LogP contribution in [0.1, 0.15) is 39.5 Å². The molecule has 0 saturated carbocycles. The van der Waals surface area contributed by atoms with E-state index in [9.17, 15) is 10.0 Å². The van der Waals surface area contributed by atoms with Crippen LogP contribution in [0.25, 0.3) is 0 Å². The highest BCUT2D eigenvalue weighted by atomic mass is 16.5. The standard InChI is InChI=1S/C8H16NO2/c1-3-5-6-7(4-2)8(10)9-11/h7H,3-6H2,1-2H3,(H-,9,10,11)/q-1. The van der Waals surface area contributed by atoms with Crippen LogP contribution in [0.5, 0.6) is 0 Å². The first-order chi connectivity index (χ1) is 5.26. The molecule has 0 fully saturated rings. The number of hydrogen-bond acceptors (Lipinski definition) is 2. The Hall–Kier alpha value is -0.570. The molecule has 1 unspecified atom stereocenters. The van der Waals surface area contributed by atoms with Crippen LogP contribution < -0.4 is 5.48 Å². The molecule has 0 heterocycles. The Morgan fingerprint density at radius 1 is 1.55 bits per heavy atom. The van der Waals surface area contributed by atoms with Crippen LogP contribution in [-0.2, 0) is 4.79 Å². The van der Waals surface area contributed by atoms with Crippen LogP contribution in [0.3, 0.4) is 0 Å². The van der Waals surface area contributed by atoms with Gasteiger partial charge >= 0.3 is 0 Å². The van der Waals surface area contributed by atoms with Gasteiger partial charge in [0.05, 0.1) is 0 Å². The number of hydrogen-bond donors (Lipinski definition) is 1. The van der Waals surface area contributed by atoms with Crippen LogP contribution >= 0.6 is 0 Å². The molecule has 3 nitrogen and oxygen atoms in total. The predicted octanol–water partition coefficient (Wildman–Crippen LogP) is 1.82. The maximum atomic E-state index is 10.8. The summed E-state index contributed by atoms with van der Waals surface area (Å²) in [7, 11) is 0. The molecule has 0 aliphatic rings. The molecule has 3 heteroatoms. The van der Waals surface area contributed by atoms with Crippen molar-refractivity contribution in [2.24, 2.45) is 5.92 Å². The normalized spacial score (nSPS) is 12.6. The van der Waals surface area contributed by atoms with Gasteiger partial charge in [0.25, 0.3) is 0 Å². The van der Waals surface area contributed by atoms with E-state index in [1.807, 2.05) is 6.92 Å². The number of unbranched alkanes of at least 4 members (excludes halogenated alkanes) is 1. The van der Waals surface area contributed by atoms with Gasteiger partial charge in [-0.3, -0.25) is 4.79 Å². The van der Waals surface area contributed by atoms with E-state index in [0.29, 0.717) is 0 Å². The summed E-state index contributed by atoms with van der Waals surface area (Å²) in [5, 5.41) is 9.99. The first-order valence-corrected chi connectivity index (χ1v) is 4.18. The van der Waals surface area contributed by atoms with E-state index < -0.39 is 0 Å². The van der Waals surface area contributed by atoms with Crippen molar-refractivity contribution in [1.82, 2.24) is 5.48 Å². The van der Waals surface area contributed by atoms with Gasteiger partial charge < -0.3 is 10.7 Å². The zero-order chi connectivity index (χ0) is 8.69. The van der Waals surface area contributed by atoms with Crippen LogP contribution in [0.15, 0.2) is 0 Å². The molecule has 11 heavy (non-hydrogen) atoms. The molecule has 0 aromatic carbocycles. The lowest BCUT2D eigenvalue weighted by Crippen LogP contribution is -2.25. The first-order valence-electron chi connectivity index (χ1n) is 4.18. The van der Waals surface area contributed by atoms with Crippen molar-refractivity contribution in [3.05, 3.63) is 5.21 Å². The van der Waals surface area contributed by atoms with E-state index in [0.717, 1.165) is 25.7 Å². The van der Waals surface area contributed by atoms with Gasteiger partial charge in [0.2, 0.25) is 5.91 Å². The number of hydroxylamine groups is 1. The summed E-state index contributed by atoms with van der Waals surface area (Å²) in [6.07, 6.45) is 3.68. The van der Waals surface area contributed by atoms with Crippen molar-refractivity contribution < 1.29 is 4.79 Å². The van der Waals surface area contributed by atoms with Crippen LogP contribution in [-0.4, -0.2) is 5.91 Å². The van der Waals surface area contributed by atoms with Crippen molar-refractivity contribution in [1.29, 1.82) is 0 Å². The lowest BCUT2D eigenvalue weighted by Gasteiger charge is -2.16. The molecule has 1 atom stereocenters. The van der Waals surface area contributed by atoms with Crippen LogP contribution in [0, 0.1) is 11.1 Å². The third kappa shape index (κ3) is 3.98. The lowest BCUT2D eigenvalue weighted by molar-refractivity contribution is -0.124. The number of carbonyl (C=O) groups excluding carboxylic acids is 1. The van der Waals surface area contributed by atoms with E-state index in [2.05, 4.69) is 6.92 Å². The summed E-state index contributed by atoms with van der Waals surface area (Å²) >= 11 is 0. The predicted molar refractivity (Wildman–Crippen MR) is 44.8 cm³/mol. The minimum Gasteiger partial charge on any atom is -0.759 e. The highest BCUT2D eigenvalue weighted by Crippen LogP contribution is 2.11. The van der Waals surface area contributed by atoms with E-state index >= 15 is 0 Å². The Kier molecular flexibility index (Phi) is 5.84. The van der Waals surface area contributed by atoms with Crippen molar-refractivity contribution in [3.63, 3.8) is 0 Å². The SMILES string of the molecule is CCCCC(CC)C(=O)N[O-]. The fourth-order valence-corrected chi connectivity index (χ4v) is 1.05. The second-order valence-corrected chi connectivity index (χ2v) is 2.71. The van der Waals surface area contributed by atoms with Crippen molar-refractivity contribution in [2.75, 3.05) is 0 Å². The largest absolute Gasteiger partial charge is 0.759 e. The molecule has 66 valence electrons. The summed E-state index contributed by atoms with van der Waals surface area (Å²) in [5.41, 5.74) is 1.44. The molecule has 0 radical (unpaired) electrons. The second-order valence-electron chi connectivity index (χ2n) is 2.71. The molecule has 0 rings (SSSR count). The van der Waals surface area contributed by atoms with Gasteiger partial charge in [-0.25, -0.2) is 0 Å². The third-order valence-electron chi connectivity index (χ3n) is 1.87. The molecule has 0 aliphatic carbocycles. The van der Waals surface area contributed by atoms with Gasteiger partial charge in [0, 0.05) is 5.92 Å². The van der Waals surface area contributed by atoms with E-state index in [1.165, 1.54) is 5.48 Å². The van der Waals surface area contributed by atoms with Gasteiger partial charge in [0.15, 0.2) is 0 Å². The topological polar surface area (TPSA) is 52.2 Å². The van der Waals surface area contributed by atoms with Crippen molar-refractivity contribution in [3.8, 4) is 0 Å². The Morgan fingerprint density at radius 3 is 2.55 bits per heavy atom. The Balaban J connectivity index is 3.65. The van der Waals surface area contributed by atoms with Gasteiger partial charge in [0.1, 0.15) is 0 Å². The molecule has 1 N–H and O–H groups in total. The highest BCUT2D eigenvalue weighted by Gasteiger charge is 2.11. The number of rotatable bonds is 5. The zero-order valence-electron chi connectivity index (χ0n) is 7.22. The van der Waals surface area contributed by atoms with Gasteiger partial charge in [-0.1, -0.05) is 26.7 Å². The smallest absolute Gasteiger partial charge is 0.212 e. The maximum Gasteiger partial charge on any atom is 0.212 e. The molecule has 0 aromatic rings. The van der Waals surface area contributed by atoms with Crippen LogP contribution in [0.4, 0.5) is 0 Å². The molecule has 0 bridgehead atoms. The molecule has 0 spiro atoms. The fourth-order valence-electron chi connectivity index (χ4n) is 1.05. The fraction of sp³-hybridized carbons (Fsp3) is 0.875. The molecular formula is C8H16NO2-. The molecule has 0 aliphatic heterocycles. The van der Waals surface area contributed by atoms with Gasteiger partial charge in [-0.2, -0.15) is 0 Å². The van der Waals surface area contributed by atoms with Gasteiger partial charge in [-0.15, -0.1) is 0 Å². The van der Waals surface area contributed by atoms with E-state index in [-0.39, 0.29) is 11.8 Å². The summed E-state index contributed by atoms with van der Waals surface area (Å²) in [5.74, 6) is -0.437. The third-order valence-corrected chi connectivity index (χ3v) is 1.87. The molecule has 0 aromatic heterocycles. The molecular weight excluding hydrogens is 142 g/mol. The number of amides is 1. The summed E-state index contributed by atoms with van der Waals surface area (Å²) in [6.45, 7) is 4.00. The van der Waals surface area contributed by atoms with Crippen molar-refractivity contribution >= 4 is 5.91 Å². The maximum absolute atomic E-state index is 10.8. The average Bonchev–Trinajstić information content (AvgIpc) is 2.05. The number of nitrogens with one attached hydrogen (secondary N) is 1. The van der Waals surface area contributed by atoms with Gasteiger partial charge in [-0.05, 0) is 12.8 Å².